The number of hydrogen-bond donors (Lipinski definition) is 2. The number of benzene rings is 2. The molecule has 0 radical (unpaired) electrons. The SMILES string of the molecule is Cc1ccc(C(=O)O)c(Nc2ccc(Br)cc2C#N)c1. The lowest BCUT2D eigenvalue weighted by atomic mass is 10.1. The number of anilines is 2. The number of carboxylic acid groups (broad SMARTS) is 1. The molecule has 2 aromatic carbocycles. The summed E-state index contributed by atoms with van der Waals surface area (Å²) in [4.78, 5) is 11.2. The Kier molecular flexibility index (Phi) is 4.06. The van der Waals surface area contributed by atoms with Gasteiger partial charge in [-0.15, -0.1) is 0 Å². The highest BCUT2D eigenvalue weighted by atomic mass is 79.9. The fourth-order valence-electron chi connectivity index (χ4n) is 1.81. The van der Waals surface area contributed by atoms with E-state index >= 15 is 0 Å². The van der Waals surface area contributed by atoms with Crippen LogP contribution < -0.4 is 5.32 Å². The second kappa shape index (κ2) is 5.76. The molecular formula is C15H11BrN2O2. The summed E-state index contributed by atoms with van der Waals surface area (Å²) in [6.07, 6.45) is 0. The zero-order chi connectivity index (χ0) is 14.7. The molecule has 2 aromatic rings. The first kappa shape index (κ1) is 14.1. The van der Waals surface area contributed by atoms with Gasteiger partial charge in [0.15, 0.2) is 0 Å². The van der Waals surface area contributed by atoms with Gasteiger partial charge in [-0.05, 0) is 42.8 Å². The largest absolute Gasteiger partial charge is 0.478 e. The highest BCUT2D eigenvalue weighted by molar-refractivity contribution is 9.10. The molecule has 20 heavy (non-hydrogen) atoms. The van der Waals surface area contributed by atoms with Crippen molar-refractivity contribution in [1.29, 1.82) is 5.26 Å². The van der Waals surface area contributed by atoms with E-state index in [1.165, 1.54) is 0 Å². The predicted octanol–water partition coefficient (Wildman–Crippen LogP) is 4.07. The van der Waals surface area contributed by atoms with Crippen molar-refractivity contribution in [3.8, 4) is 6.07 Å². The van der Waals surface area contributed by atoms with Crippen LogP contribution in [-0.2, 0) is 0 Å². The van der Waals surface area contributed by atoms with Gasteiger partial charge >= 0.3 is 5.97 Å². The molecule has 2 N–H and O–H groups in total. The van der Waals surface area contributed by atoms with E-state index in [4.69, 9.17) is 5.26 Å². The van der Waals surface area contributed by atoms with Crippen LogP contribution in [0.25, 0.3) is 0 Å². The molecule has 0 heterocycles. The van der Waals surface area contributed by atoms with Gasteiger partial charge in [-0.1, -0.05) is 22.0 Å². The molecule has 0 fully saturated rings. The average Bonchev–Trinajstić information content (AvgIpc) is 2.40. The Morgan fingerprint density at radius 2 is 2.00 bits per heavy atom. The summed E-state index contributed by atoms with van der Waals surface area (Å²) in [6.45, 7) is 1.88. The summed E-state index contributed by atoms with van der Waals surface area (Å²) in [5, 5.41) is 21.3. The van der Waals surface area contributed by atoms with Crippen LogP contribution >= 0.6 is 15.9 Å². The molecule has 0 unspecified atom stereocenters. The molecule has 0 atom stereocenters. The van der Waals surface area contributed by atoms with Crippen molar-refractivity contribution < 1.29 is 9.90 Å². The maximum Gasteiger partial charge on any atom is 0.337 e. The third kappa shape index (κ3) is 2.98. The number of carbonyl (C=O) groups is 1. The number of halogens is 1. The molecule has 0 saturated carbocycles. The van der Waals surface area contributed by atoms with E-state index in [0.717, 1.165) is 10.0 Å². The van der Waals surface area contributed by atoms with Crippen molar-refractivity contribution in [2.45, 2.75) is 6.92 Å². The minimum Gasteiger partial charge on any atom is -0.478 e. The van der Waals surface area contributed by atoms with Gasteiger partial charge in [0.05, 0.1) is 22.5 Å². The Bertz CT molecular complexity index is 720. The number of hydrogen-bond acceptors (Lipinski definition) is 3. The first-order chi connectivity index (χ1) is 9.51. The molecule has 0 aliphatic heterocycles. The van der Waals surface area contributed by atoms with Crippen LogP contribution in [0.1, 0.15) is 21.5 Å². The smallest absolute Gasteiger partial charge is 0.337 e. The Balaban J connectivity index is 2.47. The summed E-state index contributed by atoms with van der Waals surface area (Å²) in [6, 6.07) is 12.3. The molecular weight excluding hydrogens is 320 g/mol. The van der Waals surface area contributed by atoms with Gasteiger partial charge in [0.2, 0.25) is 0 Å². The number of nitrogens with zero attached hydrogens (tertiary/aromatic N) is 1. The van der Waals surface area contributed by atoms with Crippen LogP contribution in [0.3, 0.4) is 0 Å². The Labute approximate surface area is 124 Å². The number of aryl methyl sites for hydroxylation is 1. The quantitative estimate of drug-likeness (QED) is 0.889. The number of nitriles is 1. The number of aromatic carboxylic acids is 1. The molecule has 0 aliphatic carbocycles. The van der Waals surface area contributed by atoms with E-state index < -0.39 is 5.97 Å². The number of nitrogens with one attached hydrogen (secondary N) is 1. The fourth-order valence-corrected chi connectivity index (χ4v) is 2.17. The monoisotopic (exact) mass is 330 g/mol. The van der Waals surface area contributed by atoms with E-state index in [2.05, 4.69) is 27.3 Å². The lowest BCUT2D eigenvalue weighted by Gasteiger charge is -2.12. The van der Waals surface area contributed by atoms with Crippen LogP contribution in [-0.4, -0.2) is 11.1 Å². The molecule has 0 aromatic heterocycles. The maximum absolute atomic E-state index is 11.2. The average molecular weight is 331 g/mol. The zero-order valence-corrected chi connectivity index (χ0v) is 12.2. The molecule has 0 bridgehead atoms. The fraction of sp³-hybridized carbons (Fsp3) is 0.0667. The second-order valence-corrected chi connectivity index (χ2v) is 5.20. The first-order valence-corrected chi connectivity index (χ1v) is 6.61. The molecule has 0 saturated heterocycles. The Hall–Kier alpha value is -2.32. The third-order valence-corrected chi connectivity index (χ3v) is 3.27. The Morgan fingerprint density at radius 1 is 1.25 bits per heavy atom. The van der Waals surface area contributed by atoms with Crippen molar-refractivity contribution in [3.05, 3.63) is 57.6 Å². The van der Waals surface area contributed by atoms with E-state index in [0.29, 0.717) is 16.9 Å². The topological polar surface area (TPSA) is 73.1 Å². The highest BCUT2D eigenvalue weighted by Crippen LogP contribution is 2.26. The first-order valence-electron chi connectivity index (χ1n) is 5.82. The minimum absolute atomic E-state index is 0.169. The van der Waals surface area contributed by atoms with Gasteiger partial charge in [-0.2, -0.15) is 5.26 Å². The van der Waals surface area contributed by atoms with Gasteiger partial charge < -0.3 is 10.4 Å². The number of carboxylic acids is 1. The van der Waals surface area contributed by atoms with Crippen LogP contribution in [0.5, 0.6) is 0 Å². The van der Waals surface area contributed by atoms with Gasteiger partial charge in [-0.3, -0.25) is 0 Å². The minimum atomic E-state index is -1.01. The van der Waals surface area contributed by atoms with E-state index in [9.17, 15) is 9.90 Å². The van der Waals surface area contributed by atoms with Crippen molar-refractivity contribution in [2.24, 2.45) is 0 Å². The van der Waals surface area contributed by atoms with Crippen LogP contribution in [0, 0.1) is 18.3 Å². The normalized spacial score (nSPS) is 9.85. The third-order valence-electron chi connectivity index (χ3n) is 2.78. The summed E-state index contributed by atoms with van der Waals surface area (Å²) in [7, 11) is 0. The lowest BCUT2D eigenvalue weighted by molar-refractivity contribution is 0.0698. The van der Waals surface area contributed by atoms with Gasteiger partial charge in [0, 0.05) is 4.47 Å². The summed E-state index contributed by atoms with van der Waals surface area (Å²) in [5.74, 6) is -1.01. The van der Waals surface area contributed by atoms with Crippen molar-refractivity contribution in [3.63, 3.8) is 0 Å². The van der Waals surface area contributed by atoms with Crippen molar-refractivity contribution >= 4 is 33.3 Å². The molecule has 0 amide bonds. The highest BCUT2D eigenvalue weighted by Gasteiger charge is 2.12. The van der Waals surface area contributed by atoms with E-state index in [1.807, 2.05) is 6.92 Å². The summed E-state index contributed by atoms with van der Waals surface area (Å²) in [5.41, 5.74) is 2.59. The summed E-state index contributed by atoms with van der Waals surface area (Å²) < 4.78 is 0.794. The summed E-state index contributed by atoms with van der Waals surface area (Å²) >= 11 is 3.30. The molecule has 5 heteroatoms. The Morgan fingerprint density at radius 3 is 2.65 bits per heavy atom. The van der Waals surface area contributed by atoms with Crippen LogP contribution in [0.2, 0.25) is 0 Å². The standard InChI is InChI=1S/C15H11BrN2O2/c1-9-2-4-12(15(19)20)14(6-9)18-13-5-3-11(16)7-10(13)8-17/h2-7,18H,1H3,(H,19,20). The molecule has 2 rings (SSSR count). The maximum atomic E-state index is 11.2. The zero-order valence-electron chi connectivity index (χ0n) is 10.6. The van der Waals surface area contributed by atoms with Crippen molar-refractivity contribution in [2.75, 3.05) is 5.32 Å². The predicted molar refractivity (Wildman–Crippen MR) is 80.3 cm³/mol. The van der Waals surface area contributed by atoms with E-state index in [-0.39, 0.29) is 5.56 Å². The lowest BCUT2D eigenvalue weighted by Crippen LogP contribution is -2.04. The van der Waals surface area contributed by atoms with Crippen LogP contribution in [0.4, 0.5) is 11.4 Å². The molecule has 0 spiro atoms. The van der Waals surface area contributed by atoms with Crippen molar-refractivity contribution in [1.82, 2.24) is 0 Å². The van der Waals surface area contributed by atoms with Gasteiger partial charge in [0.25, 0.3) is 0 Å². The molecule has 0 aliphatic rings. The van der Waals surface area contributed by atoms with Crippen LogP contribution in [0.15, 0.2) is 40.9 Å². The van der Waals surface area contributed by atoms with E-state index in [1.54, 1.807) is 36.4 Å². The van der Waals surface area contributed by atoms with Gasteiger partial charge in [0.1, 0.15) is 6.07 Å². The van der Waals surface area contributed by atoms with Gasteiger partial charge in [-0.25, -0.2) is 4.79 Å². The second-order valence-electron chi connectivity index (χ2n) is 4.28. The number of rotatable bonds is 3. The molecule has 100 valence electrons. The molecule has 4 nitrogen and oxygen atoms in total.